The Hall–Kier alpha value is -2.94. The maximum Gasteiger partial charge on any atom is 0.321 e. The summed E-state index contributed by atoms with van der Waals surface area (Å²) in [6.45, 7) is 17.8. The van der Waals surface area contributed by atoms with Gasteiger partial charge >= 0.3 is 23.9 Å². The SMILES string of the molecule is CCC(C)(C)C(=O)OCC(C)C(c1ccc(OC(=O)C(C)(C)CC)c(OC(=O)C(C)(C)CC)c1)[C@H](N)C(=O)O. The maximum atomic E-state index is 13.0. The fourth-order valence-corrected chi connectivity index (χ4v) is 3.35. The first-order chi connectivity index (χ1) is 17.8. The van der Waals surface area contributed by atoms with Crippen LogP contribution in [-0.4, -0.2) is 41.6 Å². The van der Waals surface area contributed by atoms with Crippen molar-refractivity contribution in [2.24, 2.45) is 27.9 Å². The number of benzene rings is 1. The number of rotatable bonds is 14. The van der Waals surface area contributed by atoms with Crippen molar-refractivity contribution >= 4 is 23.9 Å². The second-order valence-corrected chi connectivity index (χ2v) is 12.2. The predicted molar refractivity (Wildman–Crippen MR) is 148 cm³/mol. The molecule has 0 heterocycles. The van der Waals surface area contributed by atoms with E-state index in [1.54, 1.807) is 54.5 Å². The van der Waals surface area contributed by atoms with E-state index in [9.17, 15) is 24.3 Å². The summed E-state index contributed by atoms with van der Waals surface area (Å²) in [5, 5.41) is 9.76. The van der Waals surface area contributed by atoms with Gasteiger partial charge in [0.2, 0.25) is 0 Å². The van der Waals surface area contributed by atoms with E-state index in [4.69, 9.17) is 19.9 Å². The molecule has 0 radical (unpaired) electrons. The van der Waals surface area contributed by atoms with Crippen molar-refractivity contribution in [1.82, 2.24) is 0 Å². The molecular weight excluding hydrogens is 502 g/mol. The highest BCUT2D eigenvalue weighted by Crippen LogP contribution is 2.38. The minimum Gasteiger partial charge on any atom is -0.480 e. The van der Waals surface area contributed by atoms with Gasteiger partial charge in [0.05, 0.1) is 22.9 Å². The number of esters is 3. The Labute approximate surface area is 232 Å². The van der Waals surface area contributed by atoms with Crippen LogP contribution in [-0.2, 0) is 23.9 Å². The van der Waals surface area contributed by atoms with E-state index < -0.39 is 58.0 Å². The number of hydrogen-bond acceptors (Lipinski definition) is 8. The maximum absolute atomic E-state index is 13.0. The first-order valence-corrected chi connectivity index (χ1v) is 13.6. The van der Waals surface area contributed by atoms with Crippen LogP contribution in [0, 0.1) is 22.2 Å². The van der Waals surface area contributed by atoms with Crippen LogP contribution in [0.4, 0.5) is 0 Å². The fourth-order valence-electron chi connectivity index (χ4n) is 3.35. The Kier molecular flexibility index (Phi) is 11.7. The molecule has 0 fully saturated rings. The Balaban J connectivity index is 3.54. The van der Waals surface area contributed by atoms with Crippen LogP contribution in [0.2, 0.25) is 0 Å². The van der Waals surface area contributed by atoms with Crippen LogP contribution >= 0.6 is 0 Å². The van der Waals surface area contributed by atoms with Crippen LogP contribution < -0.4 is 15.2 Å². The van der Waals surface area contributed by atoms with Crippen LogP contribution in [0.1, 0.15) is 100.0 Å². The van der Waals surface area contributed by atoms with Crippen LogP contribution in [0.5, 0.6) is 11.5 Å². The largest absolute Gasteiger partial charge is 0.480 e. The van der Waals surface area contributed by atoms with E-state index in [1.165, 1.54) is 12.1 Å². The third-order valence-electron chi connectivity index (χ3n) is 7.83. The minimum atomic E-state index is -1.35. The van der Waals surface area contributed by atoms with E-state index in [2.05, 4.69) is 0 Å². The normalized spacial score (nSPS) is 14.6. The lowest BCUT2D eigenvalue weighted by molar-refractivity contribution is -0.155. The van der Waals surface area contributed by atoms with Gasteiger partial charge in [0.25, 0.3) is 0 Å². The van der Waals surface area contributed by atoms with Gasteiger partial charge < -0.3 is 25.1 Å². The average Bonchev–Trinajstić information content (AvgIpc) is 2.88. The zero-order valence-electron chi connectivity index (χ0n) is 25.2. The van der Waals surface area contributed by atoms with Crippen LogP contribution in [0.3, 0.4) is 0 Å². The van der Waals surface area contributed by atoms with E-state index in [-0.39, 0.29) is 18.1 Å². The lowest BCUT2D eigenvalue weighted by Gasteiger charge is -2.30. The molecule has 3 atom stereocenters. The monoisotopic (exact) mass is 549 g/mol. The molecule has 1 aromatic rings. The summed E-state index contributed by atoms with van der Waals surface area (Å²) in [5.74, 6) is -3.95. The lowest BCUT2D eigenvalue weighted by Crippen LogP contribution is -2.41. The van der Waals surface area contributed by atoms with E-state index in [0.29, 0.717) is 24.8 Å². The van der Waals surface area contributed by atoms with Gasteiger partial charge in [-0.1, -0.05) is 33.8 Å². The van der Waals surface area contributed by atoms with Gasteiger partial charge in [0.1, 0.15) is 6.04 Å². The fraction of sp³-hybridized carbons (Fsp3) is 0.667. The Morgan fingerprint density at radius 1 is 0.795 bits per heavy atom. The average molecular weight is 550 g/mol. The zero-order chi connectivity index (χ0) is 30.3. The van der Waals surface area contributed by atoms with Crippen molar-refractivity contribution in [3.8, 4) is 11.5 Å². The Morgan fingerprint density at radius 3 is 1.67 bits per heavy atom. The number of carbonyl (C=O) groups is 4. The zero-order valence-corrected chi connectivity index (χ0v) is 25.2. The highest BCUT2D eigenvalue weighted by Gasteiger charge is 2.36. The van der Waals surface area contributed by atoms with Gasteiger partial charge in [-0.05, 0) is 84.4 Å². The number of nitrogens with two attached hydrogens (primary N) is 1. The molecule has 0 aliphatic carbocycles. The molecule has 1 rings (SSSR count). The molecule has 3 N–H and O–H groups in total. The summed E-state index contributed by atoms with van der Waals surface area (Å²) in [5.41, 5.74) is 4.28. The van der Waals surface area contributed by atoms with Crippen molar-refractivity contribution in [2.75, 3.05) is 6.61 Å². The van der Waals surface area contributed by atoms with Crippen molar-refractivity contribution in [3.05, 3.63) is 23.8 Å². The van der Waals surface area contributed by atoms with Crippen LogP contribution in [0.15, 0.2) is 18.2 Å². The molecule has 0 amide bonds. The molecule has 39 heavy (non-hydrogen) atoms. The third-order valence-corrected chi connectivity index (χ3v) is 7.83. The number of aliphatic carboxylic acids is 1. The van der Waals surface area contributed by atoms with Gasteiger partial charge in [-0.15, -0.1) is 0 Å². The number of carboxylic acids is 1. The quantitative estimate of drug-likeness (QED) is 0.228. The minimum absolute atomic E-state index is 0.0156. The molecule has 0 saturated carbocycles. The first-order valence-electron chi connectivity index (χ1n) is 13.6. The Bertz CT molecular complexity index is 1040. The second-order valence-electron chi connectivity index (χ2n) is 12.2. The third kappa shape index (κ3) is 8.78. The molecule has 1 aromatic carbocycles. The van der Waals surface area contributed by atoms with Gasteiger partial charge in [-0.2, -0.15) is 0 Å². The number of ether oxygens (including phenoxy) is 3. The first kappa shape index (κ1) is 34.1. The molecule has 220 valence electrons. The van der Waals surface area contributed by atoms with Crippen molar-refractivity contribution < 1.29 is 38.5 Å². The predicted octanol–water partition coefficient (Wildman–Crippen LogP) is 5.48. The van der Waals surface area contributed by atoms with Crippen molar-refractivity contribution in [2.45, 2.75) is 100 Å². The highest BCUT2D eigenvalue weighted by molar-refractivity contribution is 5.82. The molecule has 0 spiro atoms. The van der Waals surface area contributed by atoms with Gasteiger partial charge in [-0.25, -0.2) is 0 Å². The lowest BCUT2D eigenvalue weighted by atomic mass is 9.81. The summed E-state index contributed by atoms with van der Waals surface area (Å²) in [4.78, 5) is 50.3. The smallest absolute Gasteiger partial charge is 0.321 e. The molecule has 0 aliphatic rings. The summed E-state index contributed by atoms with van der Waals surface area (Å²) in [6, 6.07) is 3.19. The molecule has 0 saturated heterocycles. The van der Waals surface area contributed by atoms with Gasteiger partial charge in [-0.3, -0.25) is 19.2 Å². The highest BCUT2D eigenvalue weighted by atomic mass is 16.6. The van der Waals surface area contributed by atoms with E-state index in [0.717, 1.165) is 0 Å². The van der Waals surface area contributed by atoms with Gasteiger partial charge in [0.15, 0.2) is 11.5 Å². The number of carbonyl (C=O) groups excluding carboxylic acids is 3. The number of carboxylic acid groups (broad SMARTS) is 1. The second kappa shape index (κ2) is 13.4. The molecule has 0 aliphatic heterocycles. The molecule has 9 heteroatoms. The summed E-state index contributed by atoms with van der Waals surface area (Å²) < 4.78 is 16.9. The number of hydrogen-bond donors (Lipinski definition) is 2. The molecule has 9 nitrogen and oxygen atoms in total. The standard InChI is InChI=1S/C30H47NO8/c1-11-28(5,6)25(34)37-17-18(4)22(23(31)24(32)33)19-14-15-20(38-26(35)29(7,8)12-2)21(16-19)39-27(36)30(9,10)13-3/h14-16,18,22-23H,11-13,17,31H2,1-10H3,(H,32,33)/t18?,22?,23-/m0/s1. The Morgan fingerprint density at radius 2 is 1.23 bits per heavy atom. The van der Waals surface area contributed by atoms with Crippen molar-refractivity contribution in [1.29, 1.82) is 0 Å². The van der Waals surface area contributed by atoms with Gasteiger partial charge in [0, 0.05) is 5.92 Å². The topological polar surface area (TPSA) is 142 Å². The summed E-state index contributed by atoms with van der Waals surface area (Å²) in [6.07, 6.45) is 1.62. The van der Waals surface area contributed by atoms with E-state index >= 15 is 0 Å². The molecule has 2 unspecified atom stereocenters. The molecular formula is C30H47NO8. The summed E-state index contributed by atoms with van der Waals surface area (Å²) >= 11 is 0. The summed E-state index contributed by atoms with van der Waals surface area (Å²) in [7, 11) is 0. The van der Waals surface area contributed by atoms with Crippen molar-refractivity contribution in [3.63, 3.8) is 0 Å². The van der Waals surface area contributed by atoms with E-state index in [1.807, 2.05) is 20.8 Å². The molecule has 0 aromatic heterocycles. The van der Waals surface area contributed by atoms with Crippen LogP contribution in [0.25, 0.3) is 0 Å². The molecule has 0 bridgehead atoms.